The summed E-state index contributed by atoms with van der Waals surface area (Å²) in [7, 11) is 0. The van der Waals surface area contributed by atoms with Crippen LogP contribution in [0.4, 0.5) is 5.13 Å². The van der Waals surface area contributed by atoms with Crippen molar-refractivity contribution in [2.75, 3.05) is 11.5 Å². The highest BCUT2D eigenvalue weighted by atomic mass is 35.5. The molecule has 0 bridgehead atoms. The molecule has 5 rings (SSSR count). The smallest absolute Gasteiger partial charge is 0.296 e. The van der Waals surface area contributed by atoms with Crippen molar-refractivity contribution in [3.63, 3.8) is 0 Å². The van der Waals surface area contributed by atoms with E-state index in [4.69, 9.17) is 20.8 Å². The van der Waals surface area contributed by atoms with E-state index in [1.165, 1.54) is 40.3 Å². The number of thioether (sulfide) groups is 1. The molecule has 4 aromatic rings. The molecule has 11 heteroatoms. The van der Waals surface area contributed by atoms with E-state index in [2.05, 4.69) is 10.2 Å². The molecule has 0 spiro atoms. The van der Waals surface area contributed by atoms with Crippen molar-refractivity contribution in [1.82, 2.24) is 10.2 Å². The van der Waals surface area contributed by atoms with Gasteiger partial charge in [-0.3, -0.25) is 14.5 Å². The Morgan fingerprint density at radius 1 is 1.18 bits per heavy atom. The van der Waals surface area contributed by atoms with Crippen LogP contribution in [0.2, 0.25) is 5.02 Å². The third kappa shape index (κ3) is 5.20. The number of rotatable bonds is 10. The van der Waals surface area contributed by atoms with Crippen molar-refractivity contribution in [1.29, 1.82) is 0 Å². The summed E-state index contributed by atoms with van der Waals surface area (Å²) in [5, 5.41) is 20.3. The number of hydrogen-bond acceptors (Lipinski definition) is 9. The van der Waals surface area contributed by atoms with Gasteiger partial charge < -0.3 is 14.3 Å². The first-order valence-corrected chi connectivity index (χ1v) is 13.9. The van der Waals surface area contributed by atoms with Crippen LogP contribution in [0.5, 0.6) is 5.75 Å². The van der Waals surface area contributed by atoms with Gasteiger partial charge >= 0.3 is 0 Å². The van der Waals surface area contributed by atoms with E-state index in [0.717, 1.165) is 12.0 Å². The maximum atomic E-state index is 13.4. The molecular weight excluding hydrogens is 546 g/mol. The number of benzene rings is 2. The predicted octanol–water partition coefficient (Wildman–Crippen LogP) is 6.65. The Kier molecular flexibility index (Phi) is 7.82. The highest BCUT2D eigenvalue weighted by Gasteiger charge is 2.46. The molecule has 0 saturated carbocycles. The topological polar surface area (TPSA) is 106 Å². The molecule has 2 aromatic heterocycles. The molecule has 8 nitrogen and oxygen atoms in total. The van der Waals surface area contributed by atoms with Crippen molar-refractivity contribution >= 4 is 51.5 Å². The van der Waals surface area contributed by atoms with Gasteiger partial charge in [-0.1, -0.05) is 72.0 Å². The third-order valence-corrected chi connectivity index (χ3v) is 8.23. The van der Waals surface area contributed by atoms with Crippen LogP contribution in [0.1, 0.15) is 41.1 Å². The van der Waals surface area contributed by atoms with Crippen LogP contribution < -0.4 is 9.64 Å². The van der Waals surface area contributed by atoms with Crippen LogP contribution in [0.25, 0.3) is 0 Å². The highest BCUT2D eigenvalue weighted by molar-refractivity contribution is 8.00. The van der Waals surface area contributed by atoms with Gasteiger partial charge in [0.1, 0.15) is 5.75 Å². The Labute approximate surface area is 231 Å². The maximum absolute atomic E-state index is 13.4. The van der Waals surface area contributed by atoms with Crippen LogP contribution in [0.3, 0.4) is 0 Å². The lowest BCUT2D eigenvalue weighted by molar-refractivity contribution is -0.117. The largest absolute Gasteiger partial charge is 0.503 e. The summed E-state index contributed by atoms with van der Waals surface area (Å²) in [6.45, 7) is 2.51. The summed E-state index contributed by atoms with van der Waals surface area (Å²) >= 11 is 8.89. The van der Waals surface area contributed by atoms with Gasteiger partial charge in [-0.2, -0.15) is 0 Å². The molecule has 0 radical (unpaired) electrons. The number of amides is 1. The molecule has 38 heavy (non-hydrogen) atoms. The number of nitrogens with zero attached hydrogens (tertiary/aromatic N) is 3. The summed E-state index contributed by atoms with van der Waals surface area (Å²) in [6.07, 6.45) is 2.18. The minimum Gasteiger partial charge on any atom is -0.503 e. The lowest BCUT2D eigenvalue weighted by atomic mass is 9.95. The molecule has 1 amide bonds. The summed E-state index contributed by atoms with van der Waals surface area (Å²) in [6, 6.07) is 16.7. The average Bonchev–Trinajstić information content (AvgIpc) is 3.68. The molecule has 1 N–H and O–H groups in total. The number of aliphatic hydroxyl groups excluding tert-OH is 1. The van der Waals surface area contributed by atoms with Gasteiger partial charge in [-0.05, 0) is 47.9 Å². The van der Waals surface area contributed by atoms with Gasteiger partial charge in [0.25, 0.3) is 5.91 Å². The van der Waals surface area contributed by atoms with E-state index in [9.17, 15) is 14.7 Å². The molecule has 1 aliphatic heterocycles. The molecule has 0 saturated heterocycles. The van der Waals surface area contributed by atoms with Crippen LogP contribution in [0, 0.1) is 0 Å². The van der Waals surface area contributed by atoms with Crippen LogP contribution in [0.15, 0.2) is 87.0 Å². The average molecular weight is 568 g/mol. The Morgan fingerprint density at radius 2 is 2.03 bits per heavy atom. The third-order valence-electron chi connectivity index (χ3n) is 5.76. The Bertz CT molecular complexity index is 1500. The molecule has 0 fully saturated rings. The molecule has 1 unspecified atom stereocenters. The van der Waals surface area contributed by atoms with Gasteiger partial charge in [0.2, 0.25) is 10.9 Å². The lowest BCUT2D eigenvalue weighted by Crippen LogP contribution is -2.31. The number of Topliss-reactive ketones (excluding diaryl/α,β-unsaturated/α-hetero) is 1. The summed E-state index contributed by atoms with van der Waals surface area (Å²) in [5.41, 5.74) is 1.42. The van der Waals surface area contributed by atoms with E-state index in [-0.39, 0.29) is 16.5 Å². The minimum atomic E-state index is -0.959. The number of carbonyl (C=O) groups excluding carboxylic acids is 2. The Hall–Kier alpha value is -3.60. The molecule has 1 atom stereocenters. The van der Waals surface area contributed by atoms with Crippen LogP contribution in [-0.2, 0) is 10.5 Å². The van der Waals surface area contributed by atoms with Gasteiger partial charge in [0.05, 0.1) is 24.5 Å². The number of aliphatic hydroxyl groups is 1. The summed E-state index contributed by atoms with van der Waals surface area (Å²) < 4.78 is 11.7. The van der Waals surface area contributed by atoms with Crippen LogP contribution in [-0.4, -0.2) is 33.6 Å². The number of aromatic nitrogens is 2. The van der Waals surface area contributed by atoms with Crippen molar-refractivity contribution in [2.24, 2.45) is 0 Å². The van der Waals surface area contributed by atoms with Gasteiger partial charge in [0.15, 0.2) is 15.9 Å². The van der Waals surface area contributed by atoms with Gasteiger partial charge in [-0.15, -0.1) is 10.2 Å². The first-order valence-electron chi connectivity index (χ1n) is 11.7. The van der Waals surface area contributed by atoms with E-state index >= 15 is 0 Å². The zero-order valence-corrected chi connectivity index (χ0v) is 22.6. The number of furan rings is 1. The number of anilines is 1. The first-order chi connectivity index (χ1) is 18.5. The van der Waals surface area contributed by atoms with Gasteiger partial charge in [0, 0.05) is 10.8 Å². The fraction of sp³-hybridized carbons (Fsp3) is 0.185. The van der Waals surface area contributed by atoms with E-state index in [1.807, 2.05) is 31.2 Å². The predicted molar refractivity (Wildman–Crippen MR) is 146 cm³/mol. The standard InChI is InChI=1S/C27H22ClN3O5S2/c1-2-12-35-18-9-5-8-16(14-18)22-21(23(32)20-11-6-13-36-20)24(33)25(34)31(22)26-29-30-27(38-26)37-15-17-7-3-4-10-19(17)28/h3-11,13-14,22,33H,2,12,15H2,1H3. The van der Waals surface area contributed by atoms with E-state index < -0.39 is 23.5 Å². The zero-order chi connectivity index (χ0) is 26.6. The quantitative estimate of drug-likeness (QED) is 0.129. The first kappa shape index (κ1) is 26.0. The zero-order valence-electron chi connectivity index (χ0n) is 20.2. The van der Waals surface area contributed by atoms with Crippen LogP contribution >= 0.6 is 34.7 Å². The number of halogens is 1. The number of ether oxygens (including phenoxy) is 1. The van der Waals surface area contributed by atoms with Gasteiger partial charge in [-0.25, -0.2) is 0 Å². The van der Waals surface area contributed by atoms with Crippen molar-refractivity contribution in [3.8, 4) is 5.75 Å². The molecule has 3 heterocycles. The minimum absolute atomic E-state index is 0.0119. The number of ketones is 1. The van der Waals surface area contributed by atoms with Crippen molar-refractivity contribution < 1.29 is 23.8 Å². The number of carbonyl (C=O) groups is 2. The Morgan fingerprint density at radius 3 is 2.79 bits per heavy atom. The fourth-order valence-electron chi connectivity index (χ4n) is 4.00. The molecule has 194 valence electrons. The summed E-state index contributed by atoms with van der Waals surface area (Å²) in [5.74, 6) is -0.834. The normalized spacial score (nSPS) is 15.4. The fourth-order valence-corrected chi connectivity index (χ4v) is 6.15. The maximum Gasteiger partial charge on any atom is 0.296 e. The van der Waals surface area contributed by atoms with Crippen molar-refractivity contribution in [3.05, 3.63) is 100 Å². The Balaban J connectivity index is 1.50. The second-order valence-electron chi connectivity index (χ2n) is 8.30. The molecule has 0 aliphatic carbocycles. The molecular formula is C27H22ClN3O5S2. The lowest BCUT2D eigenvalue weighted by Gasteiger charge is -2.24. The molecule has 1 aliphatic rings. The number of hydrogen-bond donors (Lipinski definition) is 1. The highest BCUT2D eigenvalue weighted by Crippen LogP contribution is 2.44. The SMILES string of the molecule is CCCOc1cccc(C2C(C(=O)c3ccco3)=C(O)C(=O)N2c2nnc(SCc3ccccc3Cl)s2)c1. The second kappa shape index (κ2) is 11.4. The molecule has 2 aromatic carbocycles. The monoisotopic (exact) mass is 567 g/mol. The summed E-state index contributed by atoms with van der Waals surface area (Å²) in [4.78, 5) is 28.1. The van der Waals surface area contributed by atoms with E-state index in [0.29, 0.717) is 33.0 Å². The van der Waals surface area contributed by atoms with Crippen molar-refractivity contribution in [2.45, 2.75) is 29.5 Å². The second-order valence-corrected chi connectivity index (χ2v) is 10.9. The van der Waals surface area contributed by atoms with E-state index in [1.54, 1.807) is 30.3 Å².